The van der Waals surface area contributed by atoms with E-state index >= 15 is 0 Å². The summed E-state index contributed by atoms with van der Waals surface area (Å²) in [7, 11) is 2.02. The maximum atomic E-state index is 12.8. The van der Waals surface area contributed by atoms with E-state index in [4.69, 9.17) is 5.73 Å². The van der Waals surface area contributed by atoms with Gasteiger partial charge in [-0.3, -0.25) is 4.79 Å². The van der Waals surface area contributed by atoms with E-state index in [2.05, 4.69) is 18.7 Å². The topological polar surface area (TPSA) is 46.3 Å². The lowest BCUT2D eigenvalue weighted by Gasteiger charge is -2.40. The fourth-order valence-electron chi connectivity index (χ4n) is 4.13. The first-order chi connectivity index (χ1) is 9.54. The standard InChI is InChI=1S/C17H32N2O/c1-4-13-8-10-14(11-9-13)19(3)17(20)15-6-5-7-16(18)12(15)2/h12-16H,4-11,18H2,1-3H3. The zero-order valence-electron chi connectivity index (χ0n) is 13.5. The minimum Gasteiger partial charge on any atom is -0.343 e. The SMILES string of the molecule is CCC1CCC(N(C)C(=O)C2CCCC(N)C2C)CC1. The molecule has 2 rings (SSSR count). The molecule has 2 aliphatic carbocycles. The fourth-order valence-corrected chi connectivity index (χ4v) is 4.13. The lowest BCUT2D eigenvalue weighted by atomic mass is 9.76. The van der Waals surface area contributed by atoms with E-state index < -0.39 is 0 Å². The van der Waals surface area contributed by atoms with E-state index in [9.17, 15) is 4.79 Å². The quantitative estimate of drug-likeness (QED) is 0.863. The third kappa shape index (κ3) is 3.36. The molecule has 0 radical (unpaired) electrons. The third-order valence-electron chi connectivity index (χ3n) is 5.97. The first-order valence-electron chi connectivity index (χ1n) is 8.56. The highest BCUT2D eigenvalue weighted by atomic mass is 16.2. The van der Waals surface area contributed by atoms with Crippen molar-refractivity contribution in [3.8, 4) is 0 Å². The largest absolute Gasteiger partial charge is 0.343 e. The van der Waals surface area contributed by atoms with Gasteiger partial charge in [0.25, 0.3) is 0 Å². The molecule has 2 fully saturated rings. The van der Waals surface area contributed by atoms with Gasteiger partial charge in [-0.15, -0.1) is 0 Å². The molecule has 2 saturated carbocycles. The van der Waals surface area contributed by atoms with Gasteiger partial charge in [0.15, 0.2) is 0 Å². The molecule has 116 valence electrons. The van der Waals surface area contributed by atoms with E-state index in [1.807, 2.05) is 7.05 Å². The molecule has 3 unspecified atom stereocenters. The molecule has 2 aliphatic rings. The van der Waals surface area contributed by atoms with Crippen LogP contribution in [0.1, 0.15) is 65.2 Å². The van der Waals surface area contributed by atoms with Crippen LogP contribution in [0.4, 0.5) is 0 Å². The average molecular weight is 280 g/mol. The van der Waals surface area contributed by atoms with Crippen molar-refractivity contribution < 1.29 is 4.79 Å². The summed E-state index contributed by atoms with van der Waals surface area (Å²) in [5, 5.41) is 0. The average Bonchev–Trinajstić information content (AvgIpc) is 2.48. The van der Waals surface area contributed by atoms with Crippen molar-refractivity contribution >= 4 is 5.91 Å². The molecule has 0 spiro atoms. The van der Waals surface area contributed by atoms with Crippen LogP contribution in [0.5, 0.6) is 0 Å². The molecule has 0 aromatic heterocycles. The van der Waals surface area contributed by atoms with Crippen LogP contribution in [0.15, 0.2) is 0 Å². The first kappa shape index (κ1) is 15.8. The molecule has 3 atom stereocenters. The summed E-state index contributed by atoms with van der Waals surface area (Å²) in [5.74, 6) is 1.74. The van der Waals surface area contributed by atoms with Crippen LogP contribution in [0.3, 0.4) is 0 Å². The summed E-state index contributed by atoms with van der Waals surface area (Å²) >= 11 is 0. The van der Waals surface area contributed by atoms with E-state index in [0.29, 0.717) is 17.9 Å². The highest BCUT2D eigenvalue weighted by Crippen LogP contribution is 2.33. The van der Waals surface area contributed by atoms with Crippen LogP contribution < -0.4 is 5.73 Å². The highest BCUT2D eigenvalue weighted by molar-refractivity contribution is 5.79. The van der Waals surface area contributed by atoms with Crippen molar-refractivity contribution in [1.29, 1.82) is 0 Å². The van der Waals surface area contributed by atoms with Crippen molar-refractivity contribution in [2.75, 3.05) is 7.05 Å². The van der Waals surface area contributed by atoms with Crippen LogP contribution in [0.2, 0.25) is 0 Å². The van der Waals surface area contributed by atoms with E-state index in [0.717, 1.165) is 25.2 Å². The maximum Gasteiger partial charge on any atom is 0.225 e. The molecular formula is C17H32N2O. The van der Waals surface area contributed by atoms with E-state index in [1.54, 1.807) is 0 Å². The monoisotopic (exact) mass is 280 g/mol. The smallest absolute Gasteiger partial charge is 0.225 e. The zero-order valence-corrected chi connectivity index (χ0v) is 13.5. The van der Waals surface area contributed by atoms with Gasteiger partial charge in [0.1, 0.15) is 0 Å². The second kappa shape index (κ2) is 6.93. The Morgan fingerprint density at radius 2 is 1.80 bits per heavy atom. The third-order valence-corrected chi connectivity index (χ3v) is 5.97. The lowest BCUT2D eigenvalue weighted by molar-refractivity contribution is -0.140. The van der Waals surface area contributed by atoms with Crippen molar-refractivity contribution in [3.63, 3.8) is 0 Å². The number of hydrogen-bond acceptors (Lipinski definition) is 2. The number of nitrogens with two attached hydrogens (primary N) is 1. The fraction of sp³-hybridized carbons (Fsp3) is 0.941. The van der Waals surface area contributed by atoms with Gasteiger partial charge in [0, 0.05) is 25.0 Å². The van der Waals surface area contributed by atoms with Crippen LogP contribution >= 0.6 is 0 Å². The molecule has 0 aromatic carbocycles. The Labute approximate surface area is 124 Å². The molecule has 0 saturated heterocycles. The summed E-state index contributed by atoms with van der Waals surface area (Å²) in [6.45, 7) is 4.44. The van der Waals surface area contributed by atoms with Gasteiger partial charge in [-0.1, -0.05) is 26.7 Å². The van der Waals surface area contributed by atoms with Crippen LogP contribution in [-0.4, -0.2) is 29.9 Å². The number of carbonyl (C=O) groups is 1. The first-order valence-corrected chi connectivity index (χ1v) is 8.56. The second-order valence-electron chi connectivity index (χ2n) is 7.09. The number of amides is 1. The van der Waals surface area contributed by atoms with Crippen LogP contribution in [0.25, 0.3) is 0 Å². The van der Waals surface area contributed by atoms with Crippen molar-refractivity contribution in [2.24, 2.45) is 23.5 Å². The Kier molecular flexibility index (Phi) is 5.48. The van der Waals surface area contributed by atoms with Gasteiger partial charge >= 0.3 is 0 Å². The van der Waals surface area contributed by atoms with Crippen molar-refractivity contribution in [3.05, 3.63) is 0 Å². The van der Waals surface area contributed by atoms with Gasteiger partial charge < -0.3 is 10.6 Å². The summed E-state index contributed by atoms with van der Waals surface area (Å²) < 4.78 is 0. The maximum absolute atomic E-state index is 12.8. The van der Waals surface area contributed by atoms with Crippen molar-refractivity contribution in [2.45, 2.75) is 77.3 Å². The van der Waals surface area contributed by atoms with Gasteiger partial charge in [-0.25, -0.2) is 0 Å². The van der Waals surface area contributed by atoms with E-state index in [1.165, 1.54) is 32.1 Å². The number of nitrogens with zero attached hydrogens (tertiary/aromatic N) is 1. The van der Waals surface area contributed by atoms with E-state index in [-0.39, 0.29) is 12.0 Å². The molecule has 3 heteroatoms. The number of rotatable bonds is 3. The number of carbonyl (C=O) groups excluding carboxylic acids is 1. The Morgan fingerprint density at radius 3 is 2.40 bits per heavy atom. The summed E-state index contributed by atoms with van der Waals surface area (Å²) in [6, 6.07) is 0.678. The molecule has 0 bridgehead atoms. The normalized spacial score (nSPS) is 38.5. The minimum absolute atomic E-state index is 0.160. The van der Waals surface area contributed by atoms with Crippen molar-refractivity contribution in [1.82, 2.24) is 4.90 Å². The Morgan fingerprint density at radius 1 is 1.15 bits per heavy atom. The molecule has 1 amide bonds. The van der Waals surface area contributed by atoms with Gasteiger partial charge in [-0.2, -0.15) is 0 Å². The molecule has 0 aliphatic heterocycles. The molecule has 20 heavy (non-hydrogen) atoms. The van der Waals surface area contributed by atoms with Crippen LogP contribution in [0, 0.1) is 17.8 Å². The second-order valence-corrected chi connectivity index (χ2v) is 7.09. The number of hydrogen-bond donors (Lipinski definition) is 1. The molecular weight excluding hydrogens is 248 g/mol. The van der Waals surface area contributed by atoms with Gasteiger partial charge in [0.2, 0.25) is 5.91 Å². The van der Waals surface area contributed by atoms with Gasteiger partial charge in [-0.05, 0) is 50.4 Å². The summed E-state index contributed by atoms with van der Waals surface area (Å²) in [4.78, 5) is 14.8. The highest BCUT2D eigenvalue weighted by Gasteiger charge is 2.36. The Hall–Kier alpha value is -0.570. The predicted octanol–water partition coefficient (Wildman–Crippen LogP) is 3.18. The minimum atomic E-state index is 0.160. The summed E-state index contributed by atoms with van der Waals surface area (Å²) in [6.07, 6.45) is 9.47. The zero-order chi connectivity index (χ0) is 14.7. The Balaban J connectivity index is 1.91. The Bertz CT molecular complexity index is 323. The van der Waals surface area contributed by atoms with Gasteiger partial charge in [0.05, 0.1) is 0 Å². The predicted molar refractivity (Wildman–Crippen MR) is 83.3 cm³/mol. The molecule has 2 N–H and O–H groups in total. The molecule has 3 nitrogen and oxygen atoms in total. The summed E-state index contributed by atoms with van der Waals surface area (Å²) in [5.41, 5.74) is 6.15. The molecule has 0 heterocycles. The molecule has 0 aromatic rings. The lowest BCUT2D eigenvalue weighted by Crippen LogP contribution is -2.48. The van der Waals surface area contributed by atoms with Crippen LogP contribution in [-0.2, 0) is 4.79 Å².